The van der Waals surface area contributed by atoms with Gasteiger partial charge >= 0.3 is 0 Å². The lowest BCUT2D eigenvalue weighted by Gasteiger charge is -2.19. The molecule has 6 heteroatoms. The lowest BCUT2D eigenvalue weighted by molar-refractivity contribution is -0.117. The van der Waals surface area contributed by atoms with Gasteiger partial charge in [-0.05, 0) is 73.4 Å². The molecular weight excluding hydrogens is 450 g/mol. The number of anilines is 1. The molecule has 1 aromatic heterocycles. The Hall–Kier alpha value is -3.64. The molecule has 1 saturated heterocycles. The maximum atomic E-state index is 13.0. The van der Waals surface area contributed by atoms with Crippen LogP contribution in [0.3, 0.4) is 0 Å². The van der Waals surface area contributed by atoms with Gasteiger partial charge in [-0.25, -0.2) is 4.98 Å². The highest BCUT2D eigenvalue weighted by Crippen LogP contribution is 2.33. The Bertz CT molecular complexity index is 1380. The van der Waals surface area contributed by atoms with Gasteiger partial charge in [0.1, 0.15) is 24.3 Å². The Morgan fingerprint density at radius 2 is 1.83 bits per heavy atom. The summed E-state index contributed by atoms with van der Waals surface area (Å²) in [4.78, 5) is 19.8. The van der Waals surface area contributed by atoms with Crippen molar-refractivity contribution >= 4 is 22.6 Å². The van der Waals surface area contributed by atoms with Crippen LogP contribution in [-0.2, 0) is 17.8 Å². The normalized spacial score (nSPS) is 16.6. The Labute approximate surface area is 212 Å². The third-order valence-corrected chi connectivity index (χ3v) is 7.14. The fourth-order valence-electron chi connectivity index (χ4n) is 4.90. The fourth-order valence-corrected chi connectivity index (χ4v) is 4.90. The number of imidazole rings is 1. The number of hydrogen-bond acceptors (Lipinski definition) is 4. The minimum absolute atomic E-state index is 0.0522. The zero-order valence-electron chi connectivity index (χ0n) is 21.1. The van der Waals surface area contributed by atoms with Crippen molar-refractivity contribution in [2.24, 2.45) is 0 Å². The molecule has 0 aliphatic carbocycles. The zero-order valence-corrected chi connectivity index (χ0v) is 21.1. The molecule has 1 fully saturated rings. The van der Waals surface area contributed by atoms with Gasteiger partial charge in [0.2, 0.25) is 5.91 Å². The van der Waals surface area contributed by atoms with Crippen LogP contribution in [0.5, 0.6) is 5.75 Å². The van der Waals surface area contributed by atoms with Gasteiger partial charge < -0.3 is 19.3 Å². The molecular formula is C30H33N3O3. The molecule has 1 aliphatic heterocycles. The highest BCUT2D eigenvalue weighted by Gasteiger charge is 2.35. The van der Waals surface area contributed by atoms with E-state index in [9.17, 15) is 9.90 Å². The van der Waals surface area contributed by atoms with Crippen molar-refractivity contribution in [2.45, 2.75) is 52.2 Å². The van der Waals surface area contributed by atoms with Gasteiger partial charge in [0.25, 0.3) is 0 Å². The van der Waals surface area contributed by atoms with E-state index in [1.165, 1.54) is 11.1 Å². The predicted molar refractivity (Wildman–Crippen MR) is 143 cm³/mol. The number of fused-ring (bicyclic) bond motifs is 1. The number of hydrogen-bond donors (Lipinski definition) is 1. The van der Waals surface area contributed by atoms with E-state index < -0.39 is 6.10 Å². The molecule has 2 heterocycles. The number of aliphatic hydroxyl groups is 1. The van der Waals surface area contributed by atoms with Crippen LogP contribution in [0.1, 0.15) is 41.8 Å². The van der Waals surface area contributed by atoms with Crippen molar-refractivity contribution in [3.05, 3.63) is 89.2 Å². The minimum atomic E-state index is -0.724. The van der Waals surface area contributed by atoms with E-state index in [1.54, 1.807) is 0 Å². The Kier molecular flexibility index (Phi) is 6.79. The number of carbonyl (C=O) groups excluding carboxylic acids is 1. The average Bonchev–Trinajstić information content (AvgIpc) is 3.45. The highest BCUT2D eigenvalue weighted by molar-refractivity contribution is 5.96. The molecule has 36 heavy (non-hydrogen) atoms. The summed E-state index contributed by atoms with van der Waals surface area (Å²) in [5.74, 6) is 1.63. The highest BCUT2D eigenvalue weighted by atomic mass is 16.5. The maximum Gasteiger partial charge on any atom is 0.227 e. The van der Waals surface area contributed by atoms with E-state index in [2.05, 4.69) is 30.5 Å². The first-order chi connectivity index (χ1) is 17.4. The molecule has 186 valence electrons. The van der Waals surface area contributed by atoms with E-state index in [4.69, 9.17) is 9.72 Å². The standard InChI is InChI=1S/C30H33N3O3/c1-4-22-10-12-24(13-11-22)32-17-23(16-29(32)35)30-31-27-7-5-6-8-28(27)33(30)18-25(34)19-36-26-14-9-20(2)21(3)15-26/h5-15,23,25,34H,4,16-19H2,1-3H3/t23-,25-/m1/s1. The van der Waals surface area contributed by atoms with Crippen LogP contribution < -0.4 is 9.64 Å². The second-order valence-electron chi connectivity index (χ2n) is 9.71. The minimum Gasteiger partial charge on any atom is -0.491 e. The molecule has 0 radical (unpaired) electrons. The monoisotopic (exact) mass is 483 g/mol. The number of carbonyl (C=O) groups is 1. The van der Waals surface area contributed by atoms with Gasteiger partial charge in [-0.3, -0.25) is 4.79 Å². The number of aromatic nitrogens is 2. The summed E-state index contributed by atoms with van der Waals surface area (Å²) >= 11 is 0. The predicted octanol–water partition coefficient (Wildman–Crippen LogP) is 5.18. The molecule has 0 spiro atoms. The van der Waals surface area contributed by atoms with Crippen molar-refractivity contribution in [3.8, 4) is 5.75 Å². The summed E-state index contributed by atoms with van der Waals surface area (Å²) in [6.07, 6.45) is 0.641. The van der Waals surface area contributed by atoms with Crippen LogP contribution in [0.25, 0.3) is 11.0 Å². The largest absolute Gasteiger partial charge is 0.491 e. The van der Waals surface area contributed by atoms with E-state index in [1.807, 2.05) is 66.4 Å². The summed E-state index contributed by atoms with van der Waals surface area (Å²) in [6, 6.07) is 22.1. The molecule has 4 aromatic rings. The molecule has 1 N–H and O–H groups in total. The summed E-state index contributed by atoms with van der Waals surface area (Å²) in [6.45, 7) is 7.33. The van der Waals surface area contributed by atoms with Crippen LogP contribution in [0, 0.1) is 13.8 Å². The number of aryl methyl sites for hydroxylation is 3. The number of benzene rings is 3. The summed E-state index contributed by atoms with van der Waals surface area (Å²) in [5.41, 5.74) is 6.36. The molecule has 1 amide bonds. The average molecular weight is 484 g/mol. The Morgan fingerprint density at radius 1 is 1.06 bits per heavy atom. The van der Waals surface area contributed by atoms with Gasteiger partial charge in [0, 0.05) is 24.6 Å². The molecule has 3 aromatic carbocycles. The Balaban J connectivity index is 1.36. The molecule has 2 atom stereocenters. The topological polar surface area (TPSA) is 67.6 Å². The molecule has 0 bridgehead atoms. The second-order valence-corrected chi connectivity index (χ2v) is 9.71. The fraction of sp³-hybridized carbons (Fsp3) is 0.333. The third-order valence-electron chi connectivity index (χ3n) is 7.14. The number of para-hydroxylation sites is 2. The van der Waals surface area contributed by atoms with Crippen molar-refractivity contribution < 1.29 is 14.6 Å². The maximum absolute atomic E-state index is 13.0. The first-order valence-electron chi connectivity index (χ1n) is 12.7. The molecule has 1 aliphatic rings. The number of aliphatic hydroxyl groups excluding tert-OH is 1. The van der Waals surface area contributed by atoms with Crippen LogP contribution in [0.2, 0.25) is 0 Å². The molecule has 6 nitrogen and oxygen atoms in total. The first-order valence-corrected chi connectivity index (χ1v) is 12.7. The summed E-state index contributed by atoms with van der Waals surface area (Å²) in [7, 11) is 0. The van der Waals surface area contributed by atoms with Gasteiger partial charge in [-0.2, -0.15) is 0 Å². The van der Waals surface area contributed by atoms with Gasteiger partial charge in [-0.15, -0.1) is 0 Å². The van der Waals surface area contributed by atoms with Crippen LogP contribution >= 0.6 is 0 Å². The second kappa shape index (κ2) is 10.2. The number of ether oxygens (including phenoxy) is 1. The molecule has 0 unspecified atom stereocenters. The number of nitrogens with zero attached hydrogens (tertiary/aromatic N) is 3. The van der Waals surface area contributed by atoms with Gasteiger partial charge in [-0.1, -0.05) is 37.3 Å². The van der Waals surface area contributed by atoms with E-state index >= 15 is 0 Å². The number of amides is 1. The van der Waals surface area contributed by atoms with E-state index in [0.29, 0.717) is 19.5 Å². The lowest BCUT2D eigenvalue weighted by Crippen LogP contribution is -2.26. The Morgan fingerprint density at radius 3 is 2.58 bits per heavy atom. The van der Waals surface area contributed by atoms with Crippen molar-refractivity contribution in [1.82, 2.24) is 9.55 Å². The van der Waals surface area contributed by atoms with Crippen LogP contribution in [0.4, 0.5) is 5.69 Å². The van der Waals surface area contributed by atoms with Crippen LogP contribution in [0.15, 0.2) is 66.7 Å². The van der Waals surface area contributed by atoms with E-state index in [0.717, 1.165) is 40.3 Å². The third kappa shape index (κ3) is 4.86. The first kappa shape index (κ1) is 24.1. The lowest BCUT2D eigenvalue weighted by atomic mass is 10.1. The summed E-state index contributed by atoms with van der Waals surface area (Å²) in [5, 5.41) is 10.9. The molecule has 5 rings (SSSR count). The summed E-state index contributed by atoms with van der Waals surface area (Å²) < 4.78 is 7.96. The quantitative estimate of drug-likeness (QED) is 0.375. The zero-order chi connectivity index (χ0) is 25.2. The van der Waals surface area contributed by atoms with Crippen molar-refractivity contribution in [2.75, 3.05) is 18.1 Å². The van der Waals surface area contributed by atoms with Gasteiger partial charge in [0.15, 0.2) is 0 Å². The van der Waals surface area contributed by atoms with Crippen molar-refractivity contribution in [1.29, 1.82) is 0 Å². The van der Waals surface area contributed by atoms with Crippen molar-refractivity contribution in [3.63, 3.8) is 0 Å². The number of rotatable bonds is 8. The van der Waals surface area contributed by atoms with Crippen LogP contribution in [-0.4, -0.2) is 39.8 Å². The van der Waals surface area contributed by atoms with E-state index in [-0.39, 0.29) is 18.4 Å². The SMILES string of the molecule is CCc1ccc(N2C[C@H](c3nc4ccccc4n3C[C@@H](O)COc3ccc(C)c(C)c3)CC2=O)cc1. The van der Waals surface area contributed by atoms with Gasteiger partial charge in [0.05, 0.1) is 17.6 Å². The molecule has 0 saturated carbocycles. The smallest absolute Gasteiger partial charge is 0.227 e.